The molecule has 0 spiro atoms. The van der Waals surface area contributed by atoms with E-state index in [1.165, 1.54) is 11.3 Å². The first-order valence-electron chi connectivity index (χ1n) is 6.06. The molecule has 1 unspecified atom stereocenters. The first-order valence-corrected chi connectivity index (χ1v) is 6.88. The zero-order chi connectivity index (χ0) is 13.5. The third-order valence-electron chi connectivity index (χ3n) is 2.80. The van der Waals surface area contributed by atoms with Gasteiger partial charge >= 0.3 is 0 Å². The van der Waals surface area contributed by atoms with Gasteiger partial charge in [-0.3, -0.25) is 4.79 Å². The van der Waals surface area contributed by atoms with Gasteiger partial charge in [-0.15, -0.1) is 11.3 Å². The minimum absolute atomic E-state index is 0.0398. The van der Waals surface area contributed by atoms with E-state index >= 15 is 0 Å². The van der Waals surface area contributed by atoms with Crippen molar-refractivity contribution in [3.8, 4) is 11.8 Å². The zero-order valence-electron chi connectivity index (χ0n) is 11.1. The lowest BCUT2D eigenvalue weighted by atomic mass is 10.1. The van der Waals surface area contributed by atoms with Crippen LogP contribution in [0.3, 0.4) is 0 Å². The number of hydrogen-bond donors (Lipinski definition) is 1. The number of nitrogens with zero attached hydrogens (tertiary/aromatic N) is 1. The Labute approximate surface area is 112 Å². The van der Waals surface area contributed by atoms with Gasteiger partial charge in [-0.2, -0.15) is 0 Å². The van der Waals surface area contributed by atoms with E-state index in [1.54, 1.807) is 11.0 Å². The first kappa shape index (κ1) is 14.7. The normalized spacial score (nSPS) is 11.6. The van der Waals surface area contributed by atoms with Gasteiger partial charge in [-0.05, 0) is 25.5 Å². The number of aliphatic hydroxyl groups is 1. The largest absolute Gasteiger partial charge is 0.384 e. The molecule has 0 aromatic carbocycles. The minimum atomic E-state index is -0.158. The average Bonchev–Trinajstić information content (AvgIpc) is 2.83. The van der Waals surface area contributed by atoms with Crippen LogP contribution >= 0.6 is 11.3 Å². The molecule has 0 saturated carbocycles. The van der Waals surface area contributed by atoms with E-state index in [0.29, 0.717) is 4.88 Å². The van der Waals surface area contributed by atoms with Gasteiger partial charge in [0.2, 0.25) is 0 Å². The smallest absolute Gasteiger partial charge is 0.263 e. The van der Waals surface area contributed by atoms with Crippen molar-refractivity contribution in [3.05, 3.63) is 21.9 Å². The lowest BCUT2D eigenvalue weighted by Gasteiger charge is -2.23. The van der Waals surface area contributed by atoms with Crippen molar-refractivity contribution in [2.24, 2.45) is 0 Å². The molecule has 0 radical (unpaired) electrons. The number of carbonyl (C=O) groups excluding carboxylic acids is 1. The Balaban J connectivity index is 2.75. The van der Waals surface area contributed by atoms with Crippen molar-refractivity contribution < 1.29 is 9.90 Å². The van der Waals surface area contributed by atoms with Crippen LogP contribution in [0.5, 0.6) is 0 Å². The van der Waals surface area contributed by atoms with Gasteiger partial charge in [-0.1, -0.05) is 25.2 Å². The Hall–Kier alpha value is -1.31. The fourth-order valence-corrected chi connectivity index (χ4v) is 2.50. The Kier molecular flexibility index (Phi) is 5.90. The maximum absolute atomic E-state index is 12.2. The highest BCUT2D eigenvalue weighted by Gasteiger charge is 2.18. The Morgan fingerprint density at radius 1 is 1.56 bits per heavy atom. The molecule has 0 aliphatic heterocycles. The van der Waals surface area contributed by atoms with E-state index in [-0.39, 0.29) is 18.6 Å². The molecule has 98 valence electrons. The molecule has 1 aromatic rings. The molecule has 0 saturated heterocycles. The number of rotatable bonds is 4. The second-order valence-corrected chi connectivity index (χ2v) is 5.26. The van der Waals surface area contributed by atoms with Gasteiger partial charge in [0.15, 0.2) is 0 Å². The number of amides is 1. The molecule has 1 aromatic heterocycles. The fraction of sp³-hybridized carbons (Fsp3) is 0.500. The third kappa shape index (κ3) is 3.86. The Morgan fingerprint density at radius 3 is 2.89 bits per heavy atom. The zero-order valence-corrected chi connectivity index (χ0v) is 11.9. The summed E-state index contributed by atoms with van der Waals surface area (Å²) in [6, 6.07) is 3.86. The molecule has 3 nitrogen and oxygen atoms in total. The summed E-state index contributed by atoms with van der Waals surface area (Å²) < 4.78 is 0. The van der Waals surface area contributed by atoms with E-state index < -0.39 is 0 Å². The maximum Gasteiger partial charge on any atom is 0.263 e. The van der Waals surface area contributed by atoms with E-state index in [1.807, 2.05) is 13.1 Å². The van der Waals surface area contributed by atoms with Gasteiger partial charge in [0.1, 0.15) is 6.61 Å². The van der Waals surface area contributed by atoms with Crippen LogP contribution in [0.2, 0.25) is 0 Å². The summed E-state index contributed by atoms with van der Waals surface area (Å²) in [4.78, 5) is 15.5. The fourth-order valence-electron chi connectivity index (χ4n) is 1.63. The van der Waals surface area contributed by atoms with Crippen molar-refractivity contribution >= 4 is 17.2 Å². The molecule has 0 fully saturated rings. The highest BCUT2D eigenvalue weighted by Crippen LogP contribution is 2.18. The van der Waals surface area contributed by atoms with Crippen LogP contribution in [0, 0.1) is 11.8 Å². The summed E-state index contributed by atoms with van der Waals surface area (Å²) in [5, 5.41) is 8.62. The summed E-state index contributed by atoms with van der Waals surface area (Å²) in [5.74, 6) is 5.43. The van der Waals surface area contributed by atoms with Crippen LogP contribution in [0.1, 0.15) is 41.2 Å². The summed E-state index contributed by atoms with van der Waals surface area (Å²) in [6.07, 6.45) is 2.07. The predicted molar refractivity (Wildman–Crippen MR) is 74.7 cm³/mol. The summed E-state index contributed by atoms with van der Waals surface area (Å²) in [6.45, 7) is 4.01. The third-order valence-corrected chi connectivity index (χ3v) is 3.78. The standard InChI is InChI=1S/C14H19NO2S/c1-4-6-11(2)15(3)14(17)13-9-8-12(18-13)7-5-10-16/h8-9,11,16H,4,6,10H2,1-3H3. The second kappa shape index (κ2) is 7.20. The van der Waals surface area contributed by atoms with Gasteiger partial charge < -0.3 is 10.0 Å². The summed E-state index contributed by atoms with van der Waals surface area (Å²) in [7, 11) is 1.83. The summed E-state index contributed by atoms with van der Waals surface area (Å²) >= 11 is 1.37. The molecule has 0 aliphatic rings. The van der Waals surface area contributed by atoms with Crippen LogP contribution in [0.4, 0.5) is 0 Å². The van der Waals surface area contributed by atoms with E-state index in [0.717, 1.165) is 17.7 Å². The Bertz CT molecular complexity index is 456. The quantitative estimate of drug-likeness (QED) is 0.849. The number of hydrogen-bond acceptors (Lipinski definition) is 3. The van der Waals surface area contributed by atoms with Gasteiger partial charge in [0.25, 0.3) is 5.91 Å². The van der Waals surface area contributed by atoms with Crippen LogP contribution in [-0.4, -0.2) is 35.6 Å². The van der Waals surface area contributed by atoms with Gasteiger partial charge in [0, 0.05) is 13.1 Å². The lowest BCUT2D eigenvalue weighted by molar-refractivity contribution is 0.0741. The number of thiophene rings is 1. The lowest BCUT2D eigenvalue weighted by Crippen LogP contribution is -2.34. The highest BCUT2D eigenvalue weighted by molar-refractivity contribution is 7.14. The first-order chi connectivity index (χ1) is 8.60. The SMILES string of the molecule is CCCC(C)N(C)C(=O)c1ccc(C#CCO)s1. The molecule has 1 N–H and O–H groups in total. The van der Waals surface area contributed by atoms with Crippen molar-refractivity contribution in [3.63, 3.8) is 0 Å². The molecule has 0 aliphatic carbocycles. The van der Waals surface area contributed by atoms with Crippen molar-refractivity contribution in [2.45, 2.75) is 32.7 Å². The van der Waals surface area contributed by atoms with Gasteiger partial charge in [-0.25, -0.2) is 0 Å². The van der Waals surface area contributed by atoms with E-state index in [4.69, 9.17) is 5.11 Å². The van der Waals surface area contributed by atoms with Crippen LogP contribution in [0.15, 0.2) is 12.1 Å². The van der Waals surface area contributed by atoms with Crippen LogP contribution in [0.25, 0.3) is 0 Å². The molecule has 0 bridgehead atoms. The second-order valence-electron chi connectivity index (χ2n) is 4.18. The molecular formula is C14H19NO2S. The Morgan fingerprint density at radius 2 is 2.28 bits per heavy atom. The van der Waals surface area contributed by atoms with Crippen LogP contribution < -0.4 is 0 Å². The van der Waals surface area contributed by atoms with Crippen molar-refractivity contribution in [2.75, 3.05) is 13.7 Å². The topological polar surface area (TPSA) is 40.5 Å². The van der Waals surface area contributed by atoms with E-state index in [2.05, 4.69) is 25.7 Å². The molecule has 18 heavy (non-hydrogen) atoms. The van der Waals surface area contributed by atoms with E-state index in [9.17, 15) is 4.79 Å². The predicted octanol–water partition coefficient (Wildman–Crippen LogP) is 2.35. The molecular weight excluding hydrogens is 246 g/mol. The minimum Gasteiger partial charge on any atom is -0.384 e. The molecule has 1 amide bonds. The average molecular weight is 265 g/mol. The number of aliphatic hydroxyl groups excluding tert-OH is 1. The molecule has 1 rings (SSSR count). The molecule has 1 atom stereocenters. The molecule has 1 heterocycles. The van der Waals surface area contributed by atoms with Crippen molar-refractivity contribution in [1.82, 2.24) is 4.90 Å². The molecule has 4 heteroatoms. The van der Waals surface area contributed by atoms with Crippen molar-refractivity contribution in [1.29, 1.82) is 0 Å². The van der Waals surface area contributed by atoms with Gasteiger partial charge in [0.05, 0.1) is 9.75 Å². The van der Waals surface area contributed by atoms with Crippen LogP contribution in [-0.2, 0) is 0 Å². The monoisotopic (exact) mass is 265 g/mol. The highest BCUT2D eigenvalue weighted by atomic mass is 32.1. The summed E-state index contributed by atoms with van der Waals surface area (Å²) in [5.41, 5.74) is 0. The number of carbonyl (C=O) groups is 1. The maximum atomic E-state index is 12.2.